The standard InChI is InChI=1S/C10H18N2OS/c1-7(2)12-9(13)8(11-6-14)10(3,4)5/h7-8H,1-5H3,(H,12,13)/t8-/m1/s1. The highest BCUT2D eigenvalue weighted by Crippen LogP contribution is 2.22. The van der Waals surface area contributed by atoms with E-state index in [0.29, 0.717) is 0 Å². The number of carbonyl (C=O) groups excluding carboxylic acids is 1. The Hall–Kier alpha value is -0.730. The normalized spacial score (nSPS) is 13.3. The van der Waals surface area contributed by atoms with E-state index in [4.69, 9.17) is 0 Å². The van der Waals surface area contributed by atoms with Gasteiger partial charge in [-0.2, -0.15) is 0 Å². The van der Waals surface area contributed by atoms with Crippen molar-refractivity contribution in [2.75, 3.05) is 0 Å². The summed E-state index contributed by atoms with van der Waals surface area (Å²) in [6.07, 6.45) is 0. The maximum absolute atomic E-state index is 11.7. The highest BCUT2D eigenvalue weighted by atomic mass is 32.1. The molecule has 0 spiro atoms. The predicted octanol–water partition coefficient (Wildman–Crippen LogP) is 2.03. The summed E-state index contributed by atoms with van der Waals surface area (Å²) in [7, 11) is 0. The van der Waals surface area contributed by atoms with Gasteiger partial charge in [-0.3, -0.25) is 4.79 Å². The molecule has 0 heterocycles. The van der Waals surface area contributed by atoms with Crippen molar-refractivity contribution in [3.05, 3.63) is 0 Å². The summed E-state index contributed by atoms with van der Waals surface area (Å²) >= 11 is 4.53. The van der Waals surface area contributed by atoms with Gasteiger partial charge in [-0.05, 0) is 31.5 Å². The first-order valence-electron chi connectivity index (χ1n) is 4.66. The molecule has 0 aliphatic heterocycles. The van der Waals surface area contributed by atoms with Crippen LogP contribution in [-0.2, 0) is 4.79 Å². The number of rotatable bonds is 3. The second-order valence-electron chi connectivity index (χ2n) is 4.65. The van der Waals surface area contributed by atoms with E-state index in [0.717, 1.165) is 0 Å². The molecule has 0 rings (SSSR count). The molecule has 14 heavy (non-hydrogen) atoms. The summed E-state index contributed by atoms with van der Waals surface area (Å²) in [5.74, 6) is -0.0927. The van der Waals surface area contributed by atoms with Gasteiger partial charge in [0.15, 0.2) is 0 Å². The van der Waals surface area contributed by atoms with E-state index < -0.39 is 6.04 Å². The number of hydrogen-bond donors (Lipinski definition) is 1. The van der Waals surface area contributed by atoms with Gasteiger partial charge in [0.05, 0.1) is 5.16 Å². The molecule has 3 nitrogen and oxygen atoms in total. The van der Waals surface area contributed by atoms with Crippen LogP contribution in [0.2, 0.25) is 0 Å². The van der Waals surface area contributed by atoms with Crippen LogP contribution < -0.4 is 5.32 Å². The van der Waals surface area contributed by atoms with Gasteiger partial charge in [-0.1, -0.05) is 20.8 Å². The number of aliphatic imine (C=N–C) groups is 1. The van der Waals surface area contributed by atoms with Crippen molar-refractivity contribution in [1.82, 2.24) is 5.32 Å². The van der Waals surface area contributed by atoms with E-state index in [1.54, 1.807) is 0 Å². The summed E-state index contributed by atoms with van der Waals surface area (Å²) in [5, 5.41) is 5.09. The quantitative estimate of drug-likeness (QED) is 0.577. The fourth-order valence-electron chi connectivity index (χ4n) is 1.06. The van der Waals surface area contributed by atoms with Gasteiger partial charge in [0.2, 0.25) is 5.91 Å². The van der Waals surface area contributed by atoms with Crippen LogP contribution in [0, 0.1) is 5.41 Å². The van der Waals surface area contributed by atoms with Crippen LogP contribution in [-0.4, -0.2) is 23.2 Å². The number of carbonyl (C=O) groups is 1. The first kappa shape index (κ1) is 13.3. The molecule has 0 bridgehead atoms. The Bertz CT molecular complexity index is 249. The van der Waals surface area contributed by atoms with Gasteiger partial charge in [-0.15, -0.1) is 0 Å². The minimum absolute atomic E-state index is 0.0927. The zero-order valence-corrected chi connectivity index (χ0v) is 10.2. The molecule has 80 valence electrons. The van der Waals surface area contributed by atoms with Gasteiger partial charge in [-0.25, -0.2) is 4.99 Å². The minimum atomic E-state index is -0.456. The minimum Gasteiger partial charge on any atom is -0.352 e. The number of thiocarbonyl (C=S) groups is 1. The molecule has 0 aromatic carbocycles. The van der Waals surface area contributed by atoms with Crippen LogP contribution in [0.1, 0.15) is 34.6 Å². The van der Waals surface area contributed by atoms with Crippen LogP contribution in [0.15, 0.2) is 4.99 Å². The molecule has 0 aliphatic carbocycles. The van der Waals surface area contributed by atoms with Crippen LogP contribution >= 0.6 is 12.2 Å². The van der Waals surface area contributed by atoms with Gasteiger partial charge in [0, 0.05) is 6.04 Å². The molecular formula is C10H18N2OS. The number of amides is 1. The maximum atomic E-state index is 11.7. The van der Waals surface area contributed by atoms with Crippen LogP contribution in [0.25, 0.3) is 0 Å². The van der Waals surface area contributed by atoms with E-state index >= 15 is 0 Å². The zero-order valence-electron chi connectivity index (χ0n) is 9.42. The summed E-state index contributed by atoms with van der Waals surface area (Å²) in [5.41, 5.74) is -0.231. The van der Waals surface area contributed by atoms with Gasteiger partial charge in [0.25, 0.3) is 0 Å². The largest absolute Gasteiger partial charge is 0.352 e. The molecule has 1 amide bonds. The predicted molar refractivity (Wildman–Crippen MR) is 61.5 cm³/mol. The Balaban J connectivity index is 4.67. The smallest absolute Gasteiger partial charge is 0.246 e. The molecule has 1 N–H and O–H groups in total. The molecule has 4 heteroatoms. The fraction of sp³-hybridized carbons (Fsp3) is 0.800. The van der Waals surface area contributed by atoms with Gasteiger partial charge >= 0.3 is 0 Å². The van der Waals surface area contributed by atoms with Crippen molar-refractivity contribution in [3.63, 3.8) is 0 Å². The lowest BCUT2D eigenvalue weighted by molar-refractivity contribution is -0.124. The Morgan fingerprint density at radius 2 is 1.93 bits per heavy atom. The molecular weight excluding hydrogens is 196 g/mol. The molecule has 0 fully saturated rings. The molecule has 0 saturated carbocycles. The fourth-order valence-corrected chi connectivity index (χ4v) is 1.17. The number of isothiocyanates is 1. The Labute approximate surface area is 91.0 Å². The lowest BCUT2D eigenvalue weighted by Crippen LogP contribution is -2.43. The third kappa shape index (κ3) is 4.49. The van der Waals surface area contributed by atoms with Crippen LogP contribution in [0.5, 0.6) is 0 Å². The average Bonchev–Trinajstić information content (AvgIpc) is 1.96. The van der Waals surface area contributed by atoms with Crippen molar-refractivity contribution < 1.29 is 4.79 Å². The van der Waals surface area contributed by atoms with Crippen molar-refractivity contribution in [1.29, 1.82) is 0 Å². The zero-order chi connectivity index (χ0) is 11.4. The molecule has 0 radical (unpaired) electrons. The molecule has 0 aromatic heterocycles. The van der Waals surface area contributed by atoms with E-state index in [1.165, 1.54) is 0 Å². The Morgan fingerprint density at radius 1 is 1.43 bits per heavy atom. The number of nitrogens with one attached hydrogen (secondary N) is 1. The molecule has 0 aliphatic rings. The highest BCUT2D eigenvalue weighted by molar-refractivity contribution is 7.78. The first-order valence-corrected chi connectivity index (χ1v) is 5.07. The second kappa shape index (κ2) is 5.23. The van der Waals surface area contributed by atoms with Crippen LogP contribution in [0.3, 0.4) is 0 Å². The number of hydrogen-bond acceptors (Lipinski definition) is 3. The molecule has 0 saturated heterocycles. The SMILES string of the molecule is CC(C)NC(=O)[C@@H](N=C=S)C(C)(C)C. The van der Waals surface area contributed by atoms with Crippen molar-refractivity contribution >= 4 is 23.3 Å². The second-order valence-corrected chi connectivity index (χ2v) is 4.83. The third-order valence-corrected chi connectivity index (χ3v) is 1.79. The highest BCUT2D eigenvalue weighted by Gasteiger charge is 2.30. The molecule has 0 aromatic rings. The van der Waals surface area contributed by atoms with Crippen molar-refractivity contribution in [3.8, 4) is 0 Å². The monoisotopic (exact) mass is 214 g/mol. The summed E-state index contributed by atoms with van der Waals surface area (Å²) in [4.78, 5) is 15.6. The Kier molecular flexibility index (Phi) is 4.95. The van der Waals surface area contributed by atoms with Crippen LogP contribution in [0.4, 0.5) is 0 Å². The average molecular weight is 214 g/mol. The van der Waals surface area contributed by atoms with E-state index in [1.807, 2.05) is 34.6 Å². The maximum Gasteiger partial charge on any atom is 0.246 e. The van der Waals surface area contributed by atoms with Gasteiger partial charge in [0.1, 0.15) is 6.04 Å². The third-order valence-electron chi connectivity index (χ3n) is 1.68. The lowest BCUT2D eigenvalue weighted by Gasteiger charge is -2.25. The van der Waals surface area contributed by atoms with Crippen molar-refractivity contribution in [2.24, 2.45) is 10.4 Å². The van der Waals surface area contributed by atoms with E-state index in [2.05, 4.69) is 27.7 Å². The first-order chi connectivity index (χ1) is 6.29. The molecule has 1 atom stereocenters. The van der Waals surface area contributed by atoms with Crippen molar-refractivity contribution in [2.45, 2.75) is 46.7 Å². The Morgan fingerprint density at radius 3 is 2.21 bits per heavy atom. The molecule has 0 unspecified atom stereocenters. The topological polar surface area (TPSA) is 41.5 Å². The summed E-state index contributed by atoms with van der Waals surface area (Å²) < 4.78 is 0. The van der Waals surface area contributed by atoms with E-state index in [9.17, 15) is 4.79 Å². The lowest BCUT2D eigenvalue weighted by atomic mass is 9.86. The summed E-state index contributed by atoms with van der Waals surface area (Å²) in [6, 6.07) is -0.338. The number of nitrogens with zero attached hydrogens (tertiary/aromatic N) is 1. The van der Waals surface area contributed by atoms with E-state index in [-0.39, 0.29) is 17.4 Å². The van der Waals surface area contributed by atoms with Gasteiger partial charge < -0.3 is 5.32 Å². The summed E-state index contributed by atoms with van der Waals surface area (Å²) in [6.45, 7) is 9.69.